The number of rotatable bonds is 7. The van der Waals surface area contributed by atoms with Crippen LogP contribution in [0.4, 0.5) is 9.52 Å². The Morgan fingerprint density at radius 1 is 1.18 bits per heavy atom. The molecular weight excluding hydrogens is 576 g/mol. The van der Waals surface area contributed by atoms with Gasteiger partial charge in [-0.05, 0) is 61.8 Å². The van der Waals surface area contributed by atoms with Crippen molar-refractivity contribution in [1.82, 2.24) is 10.1 Å². The minimum atomic E-state index is -0.560. The molecule has 7 rings (SSSR count). The molecule has 0 spiro atoms. The van der Waals surface area contributed by atoms with Crippen LogP contribution in [-0.4, -0.2) is 42.4 Å². The fourth-order valence-corrected chi connectivity index (χ4v) is 7.75. The second-order valence-corrected chi connectivity index (χ2v) is 12.7. The van der Waals surface area contributed by atoms with Crippen LogP contribution in [0, 0.1) is 17.7 Å². The first kappa shape index (κ1) is 26.2. The van der Waals surface area contributed by atoms with Crippen molar-refractivity contribution in [1.29, 1.82) is 0 Å². The lowest BCUT2D eigenvalue weighted by atomic mass is 10.0. The van der Waals surface area contributed by atoms with Gasteiger partial charge in [-0.1, -0.05) is 45.8 Å². The minimum Gasteiger partial charge on any atom is -0.465 e. The van der Waals surface area contributed by atoms with E-state index in [1.54, 1.807) is 18.2 Å². The molecular formula is C29H26Cl2FN3O4S. The quantitative estimate of drug-likeness (QED) is 0.203. The van der Waals surface area contributed by atoms with E-state index < -0.39 is 11.8 Å². The lowest BCUT2D eigenvalue weighted by Crippen LogP contribution is -2.23. The second-order valence-electron chi connectivity index (χ2n) is 10.9. The monoisotopic (exact) mass is 601 g/mol. The molecule has 208 valence electrons. The van der Waals surface area contributed by atoms with E-state index in [9.17, 15) is 9.18 Å². The van der Waals surface area contributed by atoms with Crippen molar-refractivity contribution < 1.29 is 23.2 Å². The van der Waals surface area contributed by atoms with Crippen LogP contribution in [0.25, 0.3) is 21.5 Å². The van der Waals surface area contributed by atoms with Gasteiger partial charge in [0.1, 0.15) is 17.0 Å². The number of hydrogen-bond acceptors (Lipinski definition) is 8. The van der Waals surface area contributed by atoms with Crippen LogP contribution in [0.3, 0.4) is 0 Å². The number of methoxy groups -OCH3 is 1. The zero-order chi connectivity index (χ0) is 27.5. The molecule has 3 aliphatic rings. The molecule has 1 unspecified atom stereocenters. The lowest BCUT2D eigenvalue weighted by Gasteiger charge is -2.19. The fourth-order valence-electron chi connectivity index (χ4n) is 6.13. The van der Waals surface area contributed by atoms with E-state index in [4.69, 9.17) is 37.2 Å². The summed E-state index contributed by atoms with van der Waals surface area (Å²) in [6.07, 6.45) is 4.18. The molecule has 0 radical (unpaired) electrons. The Kier molecular flexibility index (Phi) is 6.73. The van der Waals surface area contributed by atoms with Gasteiger partial charge in [-0.2, -0.15) is 0 Å². The SMILES string of the molecule is COC(=O)c1cc(F)c2nc(N3CC4C[C@H](OCc5c(-c6c(Cl)cccc6Cl)noc5C5CC5)C[C@H]4C3)sc2c1. The van der Waals surface area contributed by atoms with E-state index >= 15 is 0 Å². The maximum absolute atomic E-state index is 14.7. The molecule has 0 bridgehead atoms. The van der Waals surface area contributed by atoms with Crippen molar-refractivity contribution in [3.8, 4) is 11.3 Å². The van der Waals surface area contributed by atoms with Crippen LogP contribution in [0.1, 0.15) is 53.3 Å². The van der Waals surface area contributed by atoms with Crippen LogP contribution >= 0.6 is 34.5 Å². The number of fused-ring (bicyclic) bond motifs is 2. The Labute approximate surface area is 244 Å². The molecule has 3 atom stereocenters. The molecule has 0 amide bonds. The molecule has 1 aliphatic heterocycles. The molecule has 3 fully saturated rings. The highest BCUT2D eigenvalue weighted by Crippen LogP contribution is 2.47. The molecule has 40 heavy (non-hydrogen) atoms. The number of esters is 1. The van der Waals surface area contributed by atoms with Gasteiger partial charge in [-0.3, -0.25) is 0 Å². The predicted molar refractivity (Wildman–Crippen MR) is 152 cm³/mol. The largest absolute Gasteiger partial charge is 0.465 e. The Morgan fingerprint density at radius 3 is 2.58 bits per heavy atom. The fraction of sp³-hybridized carbons (Fsp3) is 0.414. The zero-order valence-electron chi connectivity index (χ0n) is 21.7. The first-order valence-electron chi connectivity index (χ1n) is 13.4. The van der Waals surface area contributed by atoms with Gasteiger partial charge in [0.25, 0.3) is 0 Å². The van der Waals surface area contributed by atoms with Gasteiger partial charge in [0.15, 0.2) is 10.9 Å². The van der Waals surface area contributed by atoms with Crippen molar-refractivity contribution in [2.75, 3.05) is 25.1 Å². The van der Waals surface area contributed by atoms with E-state index in [1.165, 1.54) is 24.5 Å². The summed E-state index contributed by atoms with van der Waals surface area (Å²) in [6, 6.07) is 8.27. The molecule has 11 heteroatoms. The van der Waals surface area contributed by atoms with Crippen molar-refractivity contribution >= 4 is 55.9 Å². The smallest absolute Gasteiger partial charge is 0.338 e. The summed E-state index contributed by atoms with van der Waals surface area (Å²) in [7, 11) is 1.29. The van der Waals surface area contributed by atoms with E-state index in [0.29, 0.717) is 55.9 Å². The van der Waals surface area contributed by atoms with Crippen LogP contribution in [0.5, 0.6) is 0 Å². The zero-order valence-corrected chi connectivity index (χ0v) is 24.0. The maximum Gasteiger partial charge on any atom is 0.338 e. The summed E-state index contributed by atoms with van der Waals surface area (Å²) in [5.74, 6) is 1.12. The number of nitrogens with zero attached hydrogens (tertiary/aromatic N) is 3. The third kappa shape index (κ3) is 4.66. The number of benzene rings is 2. The topological polar surface area (TPSA) is 77.7 Å². The molecule has 0 N–H and O–H groups in total. The van der Waals surface area contributed by atoms with Crippen LogP contribution in [-0.2, 0) is 16.1 Å². The van der Waals surface area contributed by atoms with Gasteiger partial charge in [0, 0.05) is 30.1 Å². The second kappa shape index (κ2) is 10.3. The van der Waals surface area contributed by atoms with E-state index in [-0.39, 0.29) is 11.7 Å². The normalized spacial score (nSPS) is 22.3. The van der Waals surface area contributed by atoms with E-state index in [0.717, 1.165) is 55.2 Å². The van der Waals surface area contributed by atoms with Crippen LogP contribution in [0.15, 0.2) is 34.9 Å². The maximum atomic E-state index is 14.7. The summed E-state index contributed by atoms with van der Waals surface area (Å²) in [5.41, 5.74) is 2.78. The molecule has 2 aliphatic carbocycles. The molecule has 1 saturated heterocycles. The average molecular weight is 603 g/mol. The summed E-state index contributed by atoms with van der Waals surface area (Å²) >= 11 is 14.4. The number of ether oxygens (including phenoxy) is 2. The number of anilines is 1. The van der Waals surface area contributed by atoms with Crippen LogP contribution in [0.2, 0.25) is 10.0 Å². The molecule has 4 aromatic rings. The summed E-state index contributed by atoms with van der Waals surface area (Å²) in [6.45, 7) is 2.09. The Balaban J connectivity index is 1.04. The van der Waals surface area contributed by atoms with Crippen molar-refractivity contribution in [2.24, 2.45) is 11.8 Å². The summed E-state index contributed by atoms with van der Waals surface area (Å²) in [5, 5.41) is 6.23. The average Bonchev–Trinajstić information content (AvgIpc) is 3.24. The van der Waals surface area contributed by atoms with E-state index in [1.807, 2.05) is 6.07 Å². The van der Waals surface area contributed by atoms with Gasteiger partial charge in [-0.15, -0.1) is 0 Å². The highest BCUT2D eigenvalue weighted by Gasteiger charge is 2.43. The van der Waals surface area contributed by atoms with Gasteiger partial charge in [0.2, 0.25) is 0 Å². The Bertz CT molecular complexity index is 1590. The van der Waals surface area contributed by atoms with Crippen molar-refractivity contribution in [3.05, 3.63) is 63.1 Å². The number of aromatic nitrogens is 2. The minimum absolute atomic E-state index is 0.129. The van der Waals surface area contributed by atoms with Gasteiger partial charge in [0.05, 0.1) is 40.1 Å². The lowest BCUT2D eigenvalue weighted by molar-refractivity contribution is 0.0403. The number of carbonyl (C=O) groups excluding carboxylic acids is 1. The molecule has 7 nitrogen and oxygen atoms in total. The number of halogens is 3. The van der Waals surface area contributed by atoms with Gasteiger partial charge >= 0.3 is 5.97 Å². The summed E-state index contributed by atoms with van der Waals surface area (Å²) in [4.78, 5) is 18.7. The van der Waals surface area contributed by atoms with Crippen molar-refractivity contribution in [2.45, 2.75) is 44.3 Å². The van der Waals surface area contributed by atoms with Gasteiger partial charge in [-0.25, -0.2) is 14.2 Å². The van der Waals surface area contributed by atoms with Gasteiger partial charge < -0.3 is 18.9 Å². The third-order valence-corrected chi connectivity index (χ3v) is 9.96. The first-order chi connectivity index (χ1) is 19.4. The predicted octanol–water partition coefficient (Wildman–Crippen LogP) is 7.49. The van der Waals surface area contributed by atoms with Crippen LogP contribution < -0.4 is 4.90 Å². The third-order valence-electron chi connectivity index (χ3n) is 8.27. The molecule has 3 heterocycles. The molecule has 2 saturated carbocycles. The standard InChI is InChI=1S/C29H26Cl2FN3O4S/c1-37-28(36)15-9-22(32)26-23(10-15)40-29(33-26)35-11-16-7-18(8-17(16)12-35)38-13-19-25(34-39-27(19)14-5-6-14)24-20(30)3-2-4-21(24)31/h2-4,9-10,14,16-18H,5-8,11-13H2,1H3/t16-,17?,18+/m0/s1. The highest BCUT2D eigenvalue weighted by molar-refractivity contribution is 7.22. The van der Waals surface area contributed by atoms with Crippen molar-refractivity contribution in [3.63, 3.8) is 0 Å². The first-order valence-corrected chi connectivity index (χ1v) is 14.9. The molecule has 2 aromatic heterocycles. The Morgan fingerprint density at radius 2 is 1.90 bits per heavy atom. The number of carbonyl (C=O) groups is 1. The Hall–Kier alpha value is -2.72. The van der Waals surface area contributed by atoms with E-state index in [2.05, 4.69) is 15.0 Å². The summed E-state index contributed by atoms with van der Waals surface area (Å²) < 4.78 is 32.3. The number of thiazole rings is 1. The molecule has 2 aromatic carbocycles. The highest BCUT2D eigenvalue weighted by atomic mass is 35.5. The number of hydrogen-bond donors (Lipinski definition) is 0.